The van der Waals surface area contributed by atoms with Crippen molar-refractivity contribution in [1.29, 1.82) is 0 Å². The molecule has 2 saturated heterocycles. The van der Waals surface area contributed by atoms with Crippen LogP contribution in [-0.2, 0) is 21.5 Å². The van der Waals surface area contributed by atoms with E-state index in [0.29, 0.717) is 56.3 Å². The molecule has 1 N–H and O–H groups in total. The normalized spacial score (nSPS) is 19.1. The number of likely N-dealkylation sites (tertiary alicyclic amines) is 1. The zero-order chi connectivity index (χ0) is 31.6. The number of carbonyl (C=O) groups excluding carboxylic acids is 1. The van der Waals surface area contributed by atoms with E-state index in [4.69, 9.17) is 9.47 Å². The van der Waals surface area contributed by atoms with Crippen molar-refractivity contribution in [3.05, 3.63) is 83.2 Å². The average Bonchev–Trinajstić information content (AvgIpc) is 3.84. The van der Waals surface area contributed by atoms with Crippen LogP contribution >= 0.6 is 0 Å². The number of piperidine rings is 1. The van der Waals surface area contributed by atoms with Gasteiger partial charge in [-0.15, -0.1) is 0 Å². The average molecular weight is 636 g/mol. The van der Waals surface area contributed by atoms with E-state index >= 15 is 0 Å². The minimum atomic E-state index is -3.73. The molecule has 45 heavy (non-hydrogen) atoms. The predicted molar refractivity (Wildman–Crippen MR) is 173 cm³/mol. The Morgan fingerprint density at radius 1 is 1.02 bits per heavy atom. The smallest absolute Gasteiger partial charge is 0.338 e. The number of unbranched alkanes of at least 4 members (excludes halogenated alkanes) is 1. The van der Waals surface area contributed by atoms with Crippen LogP contribution in [0.1, 0.15) is 79.8 Å². The van der Waals surface area contributed by atoms with Crippen LogP contribution in [-0.4, -0.2) is 57.7 Å². The minimum absolute atomic E-state index is 0.249. The highest BCUT2D eigenvalue weighted by Crippen LogP contribution is 2.47. The molecule has 1 saturated carbocycles. The Morgan fingerprint density at radius 2 is 1.73 bits per heavy atom. The van der Waals surface area contributed by atoms with Crippen LogP contribution in [0.15, 0.2) is 60.7 Å². The molecule has 1 spiro atoms. The van der Waals surface area contributed by atoms with E-state index in [0.717, 1.165) is 61.2 Å². The maximum atomic E-state index is 13.7. The van der Waals surface area contributed by atoms with E-state index in [2.05, 4.69) is 21.8 Å². The Morgan fingerprint density at radius 3 is 2.38 bits per heavy atom. The van der Waals surface area contributed by atoms with E-state index in [9.17, 15) is 17.6 Å². The topological polar surface area (TPSA) is 88.2 Å². The SMILES string of the molecule is CCCCOC(=O)c1ccc(N2CC3(CCN(Cc4cc(C5CC5)c(-c5ccc(F)cc5)cc4OCC)CC3)NS2(=O)=O)cc1. The summed E-state index contributed by atoms with van der Waals surface area (Å²) in [5, 5.41) is 0. The highest BCUT2D eigenvalue weighted by Gasteiger charge is 2.48. The van der Waals surface area contributed by atoms with E-state index < -0.39 is 21.7 Å². The van der Waals surface area contributed by atoms with Crippen molar-refractivity contribution in [1.82, 2.24) is 9.62 Å². The minimum Gasteiger partial charge on any atom is -0.494 e. The molecular weight excluding hydrogens is 593 g/mol. The fourth-order valence-corrected chi connectivity index (χ4v) is 8.16. The number of rotatable bonds is 11. The molecule has 240 valence electrons. The number of nitrogens with one attached hydrogen (secondary N) is 1. The summed E-state index contributed by atoms with van der Waals surface area (Å²) in [6.45, 7) is 7.45. The van der Waals surface area contributed by atoms with Gasteiger partial charge in [-0.05, 0) is 110 Å². The second kappa shape index (κ2) is 13.1. The number of nitrogens with zero attached hydrogens (tertiary/aromatic N) is 2. The molecule has 2 heterocycles. The van der Waals surface area contributed by atoms with Gasteiger partial charge in [0.1, 0.15) is 11.6 Å². The van der Waals surface area contributed by atoms with Gasteiger partial charge in [0.2, 0.25) is 0 Å². The molecule has 3 fully saturated rings. The van der Waals surface area contributed by atoms with Crippen molar-refractivity contribution in [3.8, 4) is 16.9 Å². The lowest BCUT2D eigenvalue weighted by molar-refractivity contribution is 0.0499. The van der Waals surface area contributed by atoms with E-state index in [1.807, 2.05) is 26.0 Å². The van der Waals surface area contributed by atoms with Gasteiger partial charge in [0.15, 0.2) is 0 Å². The lowest BCUT2D eigenvalue weighted by atomic mass is 9.88. The number of ether oxygens (including phenoxy) is 2. The number of esters is 1. The molecular formula is C35H42FN3O5S. The summed E-state index contributed by atoms with van der Waals surface area (Å²) in [6.07, 6.45) is 5.40. The van der Waals surface area contributed by atoms with Crippen LogP contribution in [0, 0.1) is 5.82 Å². The molecule has 3 aromatic carbocycles. The quantitative estimate of drug-likeness (QED) is 0.193. The summed E-state index contributed by atoms with van der Waals surface area (Å²) in [5.41, 5.74) is 4.89. The van der Waals surface area contributed by atoms with Crippen LogP contribution < -0.4 is 13.8 Å². The molecule has 0 amide bonds. The summed E-state index contributed by atoms with van der Waals surface area (Å²) in [7, 11) is -3.73. The van der Waals surface area contributed by atoms with Crippen molar-refractivity contribution >= 4 is 21.9 Å². The molecule has 0 unspecified atom stereocenters. The van der Waals surface area contributed by atoms with Gasteiger partial charge in [0, 0.05) is 25.2 Å². The Hall–Kier alpha value is -3.47. The number of benzene rings is 3. The monoisotopic (exact) mass is 635 g/mol. The number of carbonyl (C=O) groups is 1. The first-order chi connectivity index (χ1) is 21.7. The zero-order valence-corrected chi connectivity index (χ0v) is 26.9. The summed E-state index contributed by atoms with van der Waals surface area (Å²) in [4.78, 5) is 14.7. The summed E-state index contributed by atoms with van der Waals surface area (Å²) in [5.74, 6) is 0.695. The van der Waals surface area contributed by atoms with Crippen LogP contribution in [0.25, 0.3) is 11.1 Å². The fourth-order valence-electron chi connectivity index (χ4n) is 6.42. The summed E-state index contributed by atoms with van der Waals surface area (Å²) < 4.78 is 56.0. The van der Waals surface area contributed by atoms with Crippen LogP contribution in [0.4, 0.5) is 10.1 Å². The van der Waals surface area contributed by atoms with Crippen LogP contribution in [0.5, 0.6) is 5.75 Å². The van der Waals surface area contributed by atoms with Crippen molar-refractivity contribution < 1.29 is 27.1 Å². The molecule has 0 radical (unpaired) electrons. The third-order valence-corrected chi connectivity index (χ3v) is 10.7. The van der Waals surface area contributed by atoms with Crippen LogP contribution in [0.2, 0.25) is 0 Å². The highest BCUT2D eigenvalue weighted by molar-refractivity contribution is 7.91. The van der Waals surface area contributed by atoms with Crippen molar-refractivity contribution in [2.24, 2.45) is 0 Å². The van der Waals surface area contributed by atoms with Gasteiger partial charge < -0.3 is 9.47 Å². The van der Waals surface area contributed by atoms with E-state index in [1.54, 1.807) is 24.3 Å². The second-order valence-electron chi connectivity index (χ2n) is 12.5. The third-order valence-electron chi connectivity index (χ3n) is 9.12. The van der Waals surface area contributed by atoms with Gasteiger partial charge in [0.25, 0.3) is 0 Å². The number of halogens is 1. The van der Waals surface area contributed by atoms with Crippen molar-refractivity contribution in [2.75, 3.05) is 37.2 Å². The molecule has 0 bridgehead atoms. The molecule has 0 atom stereocenters. The lowest BCUT2D eigenvalue weighted by Crippen LogP contribution is -2.52. The maximum absolute atomic E-state index is 13.7. The first-order valence-corrected chi connectivity index (χ1v) is 17.5. The van der Waals surface area contributed by atoms with Gasteiger partial charge in [-0.1, -0.05) is 25.5 Å². The van der Waals surface area contributed by atoms with Gasteiger partial charge >= 0.3 is 16.2 Å². The Labute approximate surface area is 265 Å². The lowest BCUT2D eigenvalue weighted by Gasteiger charge is -2.38. The molecule has 3 aliphatic rings. The highest BCUT2D eigenvalue weighted by atomic mass is 32.2. The van der Waals surface area contributed by atoms with Crippen LogP contribution in [0.3, 0.4) is 0 Å². The van der Waals surface area contributed by atoms with Gasteiger partial charge in [0.05, 0.1) is 36.5 Å². The molecule has 0 aromatic heterocycles. The second-order valence-corrected chi connectivity index (χ2v) is 14.1. The molecule has 2 aliphatic heterocycles. The van der Waals surface area contributed by atoms with E-state index in [1.165, 1.54) is 22.0 Å². The molecule has 1 aliphatic carbocycles. The standard InChI is InChI=1S/C35H42FN3O5S/c1-3-5-20-44-34(40)27-10-14-30(15-11-27)39-24-35(37-45(39,41)42)16-18-38(19-17-35)23-28-21-31(25-6-7-25)32(22-33(28)43-4-2)26-8-12-29(36)13-9-26/h8-15,21-22,25,37H,3-7,16-20,23-24H2,1-2H3. The molecule has 6 rings (SSSR count). The van der Waals surface area contributed by atoms with Crippen molar-refractivity contribution in [2.45, 2.75) is 70.4 Å². The number of hydrogen-bond acceptors (Lipinski definition) is 6. The predicted octanol–water partition coefficient (Wildman–Crippen LogP) is 6.41. The largest absolute Gasteiger partial charge is 0.494 e. The molecule has 8 nitrogen and oxygen atoms in total. The zero-order valence-electron chi connectivity index (χ0n) is 26.1. The molecule has 3 aromatic rings. The van der Waals surface area contributed by atoms with E-state index in [-0.39, 0.29) is 5.82 Å². The summed E-state index contributed by atoms with van der Waals surface area (Å²) in [6, 6.07) is 17.7. The van der Waals surface area contributed by atoms with Gasteiger partial charge in [-0.3, -0.25) is 9.21 Å². The molecule has 10 heteroatoms. The third kappa shape index (κ3) is 7.03. The van der Waals surface area contributed by atoms with Gasteiger partial charge in [-0.25, -0.2) is 9.18 Å². The summed E-state index contributed by atoms with van der Waals surface area (Å²) >= 11 is 0. The first kappa shape index (κ1) is 31.5. The Kier molecular flexibility index (Phi) is 9.17. The first-order valence-electron chi connectivity index (χ1n) is 16.1. The fraction of sp³-hybridized carbons (Fsp3) is 0.457. The van der Waals surface area contributed by atoms with Gasteiger partial charge in [-0.2, -0.15) is 13.1 Å². The number of anilines is 1. The number of hydrogen-bond donors (Lipinski definition) is 1. The maximum Gasteiger partial charge on any atom is 0.338 e. The Bertz CT molecular complexity index is 1620. The van der Waals surface area contributed by atoms with Crippen molar-refractivity contribution in [3.63, 3.8) is 0 Å². The Balaban J connectivity index is 1.14.